The fraction of sp³-hybridized carbons (Fsp3) is 0.267. The van der Waals surface area contributed by atoms with E-state index in [1.54, 1.807) is 11.3 Å². The number of nitrogens with zero attached hydrogens (tertiary/aromatic N) is 1. The van der Waals surface area contributed by atoms with Crippen LogP contribution >= 0.6 is 27.3 Å². The van der Waals surface area contributed by atoms with Gasteiger partial charge in [0.2, 0.25) is 0 Å². The second kappa shape index (κ2) is 6.61. The molecule has 1 atom stereocenters. The maximum Gasteiger partial charge on any atom is 0.179 e. The van der Waals surface area contributed by atoms with E-state index in [9.17, 15) is 9.18 Å². The number of thiophene rings is 1. The molecule has 0 bridgehead atoms. The molecule has 0 saturated carbocycles. The van der Waals surface area contributed by atoms with Gasteiger partial charge in [-0.2, -0.15) is 0 Å². The first-order valence-electron chi connectivity index (χ1n) is 6.20. The Balaban J connectivity index is 2.04. The fourth-order valence-electron chi connectivity index (χ4n) is 1.91. The molecule has 106 valence electrons. The van der Waals surface area contributed by atoms with Gasteiger partial charge in [0.25, 0.3) is 0 Å². The van der Waals surface area contributed by atoms with Crippen molar-refractivity contribution in [1.82, 2.24) is 4.90 Å². The molecule has 1 aromatic carbocycles. The topological polar surface area (TPSA) is 20.3 Å². The number of hydrogen-bond acceptors (Lipinski definition) is 3. The van der Waals surface area contributed by atoms with Crippen molar-refractivity contribution >= 4 is 33.0 Å². The van der Waals surface area contributed by atoms with Crippen LogP contribution in [0.25, 0.3) is 0 Å². The van der Waals surface area contributed by atoms with Crippen LogP contribution in [-0.2, 0) is 6.54 Å². The number of halogens is 2. The summed E-state index contributed by atoms with van der Waals surface area (Å²) in [4.78, 5) is 14.3. The summed E-state index contributed by atoms with van der Waals surface area (Å²) in [7, 11) is 1.91. The van der Waals surface area contributed by atoms with E-state index in [2.05, 4.69) is 27.4 Å². The summed E-state index contributed by atoms with van der Waals surface area (Å²) in [6, 6.07) is 7.49. The molecule has 5 heteroatoms. The number of carbonyl (C=O) groups excluding carboxylic acids is 1. The predicted molar refractivity (Wildman–Crippen MR) is 83.7 cm³/mol. The van der Waals surface area contributed by atoms with Crippen LogP contribution in [0.4, 0.5) is 4.39 Å². The molecule has 0 fully saturated rings. The quantitative estimate of drug-likeness (QED) is 0.743. The lowest BCUT2D eigenvalue weighted by atomic mass is 10.0. The average Bonchev–Trinajstić information content (AvgIpc) is 2.83. The van der Waals surface area contributed by atoms with Gasteiger partial charge in [-0.15, -0.1) is 11.3 Å². The van der Waals surface area contributed by atoms with Gasteiger partial charge in [0, 0.05) is 12.1 Å². The smallest absolute Gasteiger partial charge is 0.179 e. The summed E-state index contributed by atoms with van der Waals surface area (Å²) in [5.41, 5.74) is 1.71. The van der Waals surface area contributed by atoms with Crippen molar-refractivity contribution in [2.75, 3.05) is 7.05 Å². The van der Waals surface area contributed by atoms with Crippen molar-refractivity contribution in [3.63, 3.8) is 0 Å². The minimum absolute atomic E-state index is 0.00166. The van der Waals surface area contributed by atoms with Gasteiger partial charge in [-0.3, -0.25) is 9.69 Å². The number of ketones is 1. The molecule has 2 rings (SSSR count). The van der Waals surface area contributed by atoms with Crippen molar-refractivity contribution in [1.29, 1.82) is 0 Å². The molecular formula is C15H15BrFNOS. The first-order chi connectivity index (χ1) is 9.47. The van der Waals surface area contributed by atoms with E-state index in [0.29, 0.717) is 12.1 Å². The molecule has 1 aromatic heterocycles. The molecule has 0 aliphatic rings. The van der Waals surface area contributed by atoms with Crippen LogP contribution in [0.5, 0.6) is 0 Å². The monoisotopic (exact) mass is 355 g/mol. The van der Waals surface area contributed by atoms with Gasteiger partial charge in [-0.25, -0.2) is 4.39 Å². The van der Waals surface area contributed by atoms with E-state index in [0.717, 1.165) is 3.79 Å². The van der Waals surface area contributed by atoms with Crippen LogP contribution in [0.2, 0.25) is 0 Å². The van der Waals surface area contributed by atoms with Gasteiger partial charge in [-0.1, -0.05) is 0 Å². The summed E-state index contributed by atoms with van der Waals surface area (Å²) in [6.45, 7) is 2.57. The SMILES string of the molecule is CC(C(=O)c1ccc(F)cc1)N(C)Cc1csc(Br)c1. The summed E-state index contributed by atoms with van der Waals surface area (Å²) < 4.78 is 14.0. The van der Waals surface area contributed by atoms with Crippen molar-refractivity contribution in [3.05, 3.63) is 56.4 Å². The molecule has 0 amide bonds. The highest BCUT2D eigenvalue weighted by atomic mass is 79.9. The van der Waals surface area contributed by atoms with Crippen LogP contribution in [0.3, 0.4) is 0 Å². The number of benzene rings is 1. The number of Topliss-reactive ketones (excluding diaryl/α,β-unsaturated/α-hetero) is 1. The van der Waals surface area contributed by atoms with Crippen molar-refractivity contribution in [2.24, 2.45) is 0 Å². The first kappa shape index (κ1) is 15.4. The summed E-state index contributed by atoms with van der Waals surface area (Å²) in [6.07, 6.45) is 0. The highest BCUT2D eigenvalue weighted by Crippen LogP contribution is 2.22. The lowest BCUT2D eigenvalue weighted by molar-refractivity contribution is 0.0862. The lowest BCUT2D eigenvalue weighted by Gasteiger charge is -2.23. The summed E-state index contributed by atoms with van der Waals surface area (Å²) >= 11 is 5.06. The van der Waals surface area contributed by atoms with Gasteiger partial charge in [0.05, 0.1) is 9.83 Å². The molecule has 0 aliphatic heterocycles. The molecule has 1 heterocycles. The van der Waals surface area contributed by atoms with Gasteiger partial charge in [0.15, 0.2) is 5.78 Å². The highest BCUT2D eigenvalue weighted by molar-refractivity contribution is 9.11. The van der Waals surface area contributed by atoms with Gasteiger partial charge in [0.1, 0.15) is 5.82 Å². The van der Waals surface area contributed by atoms with Crippen molar-refractivity contribution < 1.29 is 9.18 Å². The third-order valence-corrected chi connectivity index (χ3v) is 4.78. The molecule has 2 nitrogen and oxygen atoms in total. The van der Waals surface area contributed by atoms with E-state index >= 15 is 0 Å². The average molecular weight is 356 g/mol. The molecule has 0 spiro atoms. The number of rotatable bonds is 5. The maximum absolute atomic E-state index is 12.9. The van der Waals surface area contributed by atoms with Crippen LogP contribution in [0.15, 0.2) is 39.5 Å². The molecule has 0 saturated heterocycles. The molecule has 2 aromatic rings. The van der Waals surface area contributed by atoms with Gasteiger partial charge in [-0.05, 0) is 71.2 Å². The van der Waals surface area contributed by atoms with E-state index in [4.69, 9.17) is 0 Å². The zero-order valence-corrected chi connectivity index (χ0v) is 13.7. The Kier molecular flexibility index (Phi) is 5.07. The number of hydrogen-bond donors (Lipinski definition) is 0. The predicted octanol–water partition coefficient (Wildman–Crippen LogP) is 4.35. The lowest BCUT2D eigenvalue weighted by Crippen LogP contribution is -2.35. The molecule has 0 radical (unpaired) electrons. The van der Waals surface area contributed by atoms with Crippen LogP contribution in [-0.4, -0.2) is 23.8 Å². The summed E-state index contributed by atoms with van der Waals surface area (Å²) in [5, 5.41) is 2.07. The van der Waals surface area contributed by atoms with Gasteiger partial charge < -0.3 is 0 Å². The van der Waals surface area contributed by atoms with Crippen molar-refractivity contribution in [3.8, 4) is 0 Å². The van der Waals surface area contributed by atoms with Crippen LogP contribution < -0.4 is 0 Å². The minimum atomic E-state index is -0.328. The van der Waals surface area contributed by atoms with E-state index in [1.165, 1.54) is 29.8 Å². The largest absolute Gasteiger partial charge is 0.292 e. The Morgan fingerprint density at radius 3 is 2.60 bits per heavy atom. The molecule has 20 heavy (non-hydrogen) atoms. The van der Waals surface area contributed by atoms with E-state index in [1.807, 2.05) is 18.9 Å². The third-order valence-electron chi connectivity index (χ3n) is 3.22. The highest BCUT2D eigenvalue weighted by Gasteiger charge is 2.20. The molecule has 0 N–H and O–H groups in total. The van der Waals surface area contributed by atoms with Crippen molar-refractivity contribution in [2.45, 2.75) is 19.5 Å². The fourth-order valence-corrected chi connectivity index (χ4v) is 3.11. The molecule has 0 aliphatic carbocycles. The Bertz CT molecular complexity index is 596. The van der Waals surface area contributed by atoms with E-state index < -0.39 is 0 Å². The zero-order valence-electron chi connectivity index (χ0n) is 11.3. The van der Waals surface area contributed by atoms with Gasteiger partial charge >= 0.3 is 0 Å². The second-order valence-electron chi connectivity index (χ2n) is 4.72. The Labute approximate surface area is 130 Å². The first-order valence-corrected chi connectivity index (χ1v) is 7.87. The Morgan fingerprint density at radius 1 is 1.40 bits per heavy atom. The Morgan fingerprint density at radius 2 is 2.05 bits per heavy atom. The normalized spacial score (nSPS) is 12.7. The summed E-state index contributed by atoms with van der Waals surface area (Å²) in [5.74, 6) is -0.326. The maximum atomic E-state index is 12.9. The molecular weight excluding hydrogens is 341 g/mol. The minimum Gasteiger partial charge on any atom is -0.292 e. The third kappa shape index (κ3) is 3.75. The van der Waals surface area contributed by atoms with E-state index in [-0.39, 0.29) is 17.6 Å². The van der Waals surface area contributed by atoms with Crippen LogP contribution in [0, 0.1) is 5.82 Å². The number of carbonyl (C=O) groups is 1. The van der Waals surface area contributed by atoms with Crippen LogP contribution in [0.1, 0.15) is 22.8 Å². The molecule has 1 unspecified atom stereocenters. The number of likely N-dealkylation sites (N-methyl/N-ethyl adjacent to an activating group) is 1. The standard InChI is InChI=1S/C15H15BrFNOS/c1-10(15(19)12-3-5-13(17)6-4-12)18(2)8-11-7-14(16)20-9-11/h3-7,9-10H,8H2,1-2H3. The second-order valence-corrected chi connectivity index (χ2v) is 7.01. The zero-order chi connectivity index (χ0) is 14.7. The Hall–Kier alpha value is -1.04.